The highest BCUT2D eigenvalue weighted by molar-refractivity contribution is 6.51. The normalized spacial score (nSPS) is 16.4. The number of benzene rings is 3. The van der Waals surface area contributed by atoms with E-state index in [1.807, 2.05) is 0 Å². The van der Waals surface area contributed by atoms with Crippen molar-refractivity contribution >= 4 is 34.7 Å². The van der Waals surface area contributed by atoms with Gasteiger partial charge in [0.25, 0.3) is 11.7 Å². The maximum atomic E-state index is 13.4. The third-order valence-corrected chi connectivity index (χ3v) is 6.00. The molecule has 0 radical (unpaired) electrons. The number of anilines is 2. The highest BCUT2D eigenvalue weighted by atomic mass is 16.5. The minimum absolute atomic E-state index is 0.0756. The summed E-state index contributed by atoms with van der Waals surface area (Å²) in [5, 5.41) is 13.9. The molecule has 1 atom stereocenters. The van der Waals surface area contributed by atoms with Gasteiger partial charge in [0.1, 0.15) is 11.5 Å². The minimum Gasteiger partial charge on any atom is -0.507 e. The van der Waals surface area contributed by atoms with Crippen LogP contribution in [0.25, 0.3) is 5.76 Å². The first-order valence-electron chi connectivity index (χ1n) is 11.3. The summed E-state index contributed by atoms with van der Waals surface area (Å²) in [7, 11) is 4.51. The van der Waals surface area contributed by atoms with Crippen LogP contribution in [0.2, 0.25) is 0 Å². The van der Waals surface area contributed by atoms with Gasteiger partial charge in [-0.2, -0.15) is 0 Å². The standard InChI is InChI=1S/C28H26N2O7/c1-16(31)29-19-8-10-20(11-9-19)30-25(18-7-14-22(36-3)23(15-18)37-4)24(27(33)28(30)34)26(32)17-5-12-21(35-2)13-6-17/h5-15,25,32H,1-4H3,(H,29,31)/b26-24-. The zero-order chi connectivity index (χ0) is 26.7. The molecule has 2 N–H and O–H groups in total. The zero-order valence-corrected chi connectivity index (χ0v) is 20.8. The summed E-state index contributed by atoms with van der Waals surface area (Å²) in [5.74, 6) is -0.751. The molecule has 0 aromatic heterocycles. The summed E-state index contributed by atoms with van der Waals surface area (Å²) in [4.78, 5) is 39.4. The van der Waals surface area contributed by atoms with E-state index in [-0.39, 0.29) is 17.2 Å². The number of methoxy groups -OCH3 is 3. The molecule has 3 aromatic rings. The lowest BCUT2D eigenvalue weighted by Gasteiger charge is -2.26. The smallest absolute Gasteiger partial charge is 0.300 e. The van der Waals surface area contributed by atoms with Crippen LogP contribution < -0.4 is 24.4 Å². The number of carbonyl (C=O) groups excluding carboxylic acids is 3. The third kappa shape index (κ3) is 4.84. The van der Waals surface area contributed by atoms with Crippen LogP contribution in [0.4, 0.5) is 11.4 Å². The number of carbonyl (C=O) groups is 3. The Morgan fingerprint density at radius 2 is 1.51 bits per heavy atom. The fourth-order valence-corrected chi connectivity index (χ4v) is 4.25. The number of aliphatic hydroxyl groups is 1. The highest BCUT2D eigenvalue weighted by Gasteiger charge is 2.47. The summed E-state index contributed by atoms with van der Waals surface area (Å²) in [6.07, 6.45) is 0. The first-order valence-corrected chi connectivity index (χ1v) is 11.3. The number of nitrogens with zero attached hydrogens (tertiary/aromatic N) is 1. The number of ether oxygens (including phenoxy) is 3. The average molecular weight is 503 g/mol. The Bertz CT molecular complexity index is 1380. The van der Waals surface area contributed by atoms with Gasteiger partial charge in [0.15, 0.2) is 11.5 Å². The van der Waals surface area contributed by atoms with Gasteiger partial charge in [0.05, 0.1) is 32.9 Å². The van der Waals surface area contributed by atoms with Crippen molar-refractivity contribution < 1.29 is 33.7 Å². The van der Waals surface area contributed by atoms with Gasteiger partial charge in [0, 0.05) is 23.9 Å². The largest absolute Gasteiger partial charge is 0.507 e. The third-order valence-electron chi connectivity index (χ3n) is 6.00. The van der Waals surface area contributed by atoms with E-state index in [9.17, 15) is 19.5 Å². The molecule has 1 aliphatic rings. The van der Waals surface area contributed by atoms with Crippen molar-refractivity contribution in [2.75, 3.05) is 31.5 Å². The minimum atomic E-state index is -0.964. The summed E-state index contributed by atoms with van der Waals surface area (Å²) in [5.41, 5.74) is 1.75. The molecular weight excluding hydrogens is 476 g/mol. The predicted octanol–water partition coefficient (Wildman–Crippen LogP) is 4.30. The molecule has 4 rings (SSSR count). The molecule has 37 heavy (non-hydrogen) atoms. The number of ketones is 1. The van der Waals surface area contributed by atoms with Gasteiger partial charge in [-0.1, -0.05) is 6.07 Å². The van der Waals surface area contributed by atoms with E-state index in [2.05, 4.69) is 5.32 Å². The SMILES string of the molecule is COc1ccc(/C(O)=C2/C(=O)C(=O)N(c3ccc(NC(C)=O)cc3)C2c2ccc(OC)c(OC)c2)cc1. The van der Waals surface area contributed by atoms with Crippen molar-refractivity contribution in [2.45, 2.75) is 13.0 Å². The molecule has 3 aromatic carbocycles. The number of Topliss-reactive ketones (excluding diaryl/α,β-unsaturated/α-hetero) is 1. The van der Waals surface area contributed by atoms with E-state index in [1.165, 1.54) is 33.2 Å². The Morgan fingerprint density at radius 1 is 0.865 bits per heavy atom. The molecule has 1 unspecified atom stereocenters. The van der Waals surface area contributed by atoms with Gasteiger partial charge in [-0.25, -0.2) is 0 Å². The fraction of sp³-hybridized carbons (Fsp3) is 0.179. The molecule has 9 heteroatoms. The lowest BCUT2D eigenvalue weighted by atomic mass is 9.94. The molecule has 9 nitrogen and oxygen atoms in total. The Hall–Kier alpha value is -4.79. The first kappa shape index (κ1) is 25.3. The molecule has 1 saturated heterocycles. The van der Waals surface area contributed by atoms with Gasteiger partial charge in [0.2, 0.25) is 5.91 Å². The van der Waals surface area contributed by atoms with Crippen molar-refractivity contribution in [3.05, 3.63) is 83.4 Å². The van der Waals surface area contributed by atoms with E-state index in [4.69, 9.17) is 14.2 Å². The second-order valence-electron chi connectivity index (χ2n) is 8.24. The molecule has 0 aliphatic carbocycles. The van der Waals surface area contributed by atoms with Gasteiger partial charge in [-0.15, -0.1) is 0 Å². The Balaban J connectivity index is 1.90. The van der Waals surface area contributed by atoms with Gasteiger partial charge < -0.3 is 24.6 Å². The van der Waals surface area contributed by atoms with Crippen molar-refractivity contribution in [3.8, 4) is 17.2 Å². The number of amides is 2. The van der Waals surface area contributed by atoms with E-state index >= 15 is 0 Å². The lowest BCUT2D eigenvalue weighted by Crippen LogP contribution is -2.29. The van der Waals surface area contributed by atoms with Crippen LogP contribution in [0.3, 0.4) is 0 Å². The molecule has 190 valence electrons. The van der Waals surface area contributed by atoms with Crippen LogP contribution >= 0.6 is 0 Å². The summed E-state index contributed by atoms with van der Waals surface area (Å²) in [6.45, 7) is 1.39. The molecule has 0 saturated carbocycles. The van der Waals surface area contributed by atoms with Crippen LogP contribution in [0.5, 0.6) is 17.2 Å². The Morgan fingerprint density at radius 3 is 2.08 bits per heavy atom. The maximum Gasteiger partial charge on any atom is 0.300 e. The van der Waals surface area contributed by atoms with Gasteiger partial charge in [-0.3, -0.25) is 19.3 Å². The molecule has 0 bridgehead atoms. The molecule has 1 heterocycles. The molecule has 2 amide bonds. The van der Waals surface area contributed by atoms with Crippen LogP contribution in [-0.2, 0) is 14.4 Å². The quantitative estimate of drug-likeness (QED) is 0.281. The molecule has 1 aliphatic heterocycles. The highest BCUT2D eigenvalue weighted by Crippen LogP contribution is 2.44. The van der Waals surface area contributed by atoms with E-state index in [0.29, 0.717) is 39.8 Å². The summed E-state index contributed by atoms with van der Waals surface area (Å²) >= 11 is 0. The predicted molar refractivity (Wildman–Crippen MR) is 138 cm³/mol. The van der Waals surface area contributed by atoms with Crippen LogP contribution in [0, 0.1) is 0 Å². The second-order valence-corrected chi connectivity index (χ2v) is 8.24. The van der Waals surface area contributed by atoms with Gasteiger partial charge in [-0.05, 0) is 66.2 Å². The van der Waals surface area contributed by atoms with Crippen molar-refractivity contribution in [2.24, 2.45) is 0 Å². The number of hydrogen-bond donors (Lipinski definition) is 2. The van der Waals surface area contributed by atoms with Crippen molar-refractivity contribution in [3.63, 3.8) is 0 Å². The van der Waals surface area contributed by atoms with Crippen molar-refractivity contribution in [1.29, 1.82) is 0 Å². The maximum absolute atomic E-state index is 13.4. The number of hydrogen-bond acceptors (Lipinski definition) is 7. The van der Waals surface area contributed by atoms with Crippen LogP contribution in [0.1, 0.15) is 24.1 Å². The fourth-order valence-electron chi connectivity index (χ4n) is 4.25. The molecular formula is C28H26N2O7. The average Bonchev–Trinajstić information content (AvgIpc) is 3.18. The zero-order valence-electron chi connectivity index (χ0n) is 20.8. The Kier molecular flexibility index (Phi) is 7.15. The summed E-state index contributed by atoms with van der Waals surface area (Å²) < 4.78 is 16.0. The van der Waals surface area contributed by atoms with E-state index in [0.717, 1.165) is 0 Å². The van der Waals surface area contributed by atoms with Gasteiger partial charge >= 0.3 is 0 Å². The number of aliphatic hydroxyl groups excluding tert-OH is 1. The van der Waals surface area contributed by atoms with Crippen molar-refractivity contribution in [1.82, 2.24) is 0 Å². The monoisotopic (exact) mass is 502 g/mol. The Labute approximate surface area is 213 Å². The number of nitrogens with one attached hydrogen (secondary N) is 1. The second kappa shape index (κ2) is 10.4. The summed E-state index contributed by atoms with van der Waals surface area (Å²) in [6, 6.07) is 17.1. The van der Waals surface area contributed by atoms with E-state index in [1.54, 1.807) is 66.7 Å². The van der Waals surface area contributed by atoms with E-state index < -0.39 is 17.7 Å². The van der Waals surface area contributed by atoms with Crippen LogP contribution in [0.15, 0.2) is 72.3 Å². The molecule has 1 fully saturated rings. The topological polar surface area (TPSA) is 114 Å². The number of rotatable bonds is 7. The molecule has 0 spiro atoms. The first-order chi connectivity index (χ1) is 17.8. The lowest BCUT2D eigenvalue weighted by molar-refractivity contribution is -0.132. The van der Waals surface area contributed by atoms with Crippen LogP contribution in [-0.4, -0.2) is 44.0 Å².